The molecule has 18 heavy (non-hydrogen) atoms. The van der Waals surface area contributed by atoms with Gasteiger partial charge in [0.25, 0.3) is 0 Å². The lowest BCUT2D eigenvalue weighted by atomic mass is 10.1. The maximum absolute atomic E-state index is 12.1. The van der Waals surface area contributed by atoms with Crippen LogP contribution in [0.25, 0.3) is 0 Å². The summed E-state index contributed by atoms with van der Waals surface area (Å²) in [6.07, 6.45) is 0.316. The van der Waals surface area contributed by atoms with Crippen molar-refractivity contribution in [1.29, 1.82) is 0 Å². The summed E-state index contributed by atoms with van der Waals surface area (Å²) in [5, 5.41) is 0.963. The van der Waals surface area contributed by atoms with Gasteiger partial charge in [-0.2, -0.15) is 0 Å². The van der Waals surface area contributed by atoms with Crippen molar-refractivity contribution < 1.29 is 4.79 Å². The predicted octanol–water partition coefficient (Wildman–Crippen LogP) is 6.01. The van der Waals surface area contributed by atoms with Gasteiger partial charge in [0.2, 0.25) is 0 Å². The van der Waals surface area contributed by atoms with Gasteiger partial charge in [0, 0.05) is 10.9 Å². The molecule has 0 atom stereocenters. The fraction of sp³-hybridized carbons (Fsp3) is 0.0833. The molecule has 94 valence electrons. The van der Waals surface area contributed by atoms with Crippen LogP contribution in [0.15, 0.2) is 32.5 Å². The Morgan fingerprint density at radius 3 is 2.44 bits per heavy atom. The van der Waals surface area contributed by atoms with Crippen molar-refractivity contribution in [1.82, 2.24) is 0 Å². The highest BCUT2D eigenvalue weighted by molar-refractivity contribution is 9.13. The highest BCUT2D eigenvalue weighted by Crippen LogP contribution is 2.33. The summed E-state index contributed by atoms with van der Waals surface area (Å²) in [4.78, 5) is 12.8. The SMILES string of the molecule is O=C(Cc1ccc(Cl)c(Cl)c1)c1cc(Br)c(Br)s1. The predicted molar refractivity (Wildman–Crippen MR) is 84.2 cm³/mol. The zero-order valence-corrected chi connectivity index (χ0v) is 14.3. The van der Waals surface area contributed by atoms with Crippen LogP contribution in [0.5, 0.6) is 0 Å². The molecule has 0 spiro atoms. The highest BCUT2D eigenvalue weighted by atomic mass is 79.9. The minimum absolute atomic E-state index is 0.0600. The number of thiophene rings is 1. The Balaban J connectivity index is 2.18. The van der Waals surface area contributed by atoms with Gasteiger partial charge >= 0.3 is 0 Å². The van der Waals surface area contributed by atoms with E-state index in [9.17, 15) is 4.79 Å². The number of Topliss-reactive ketones (excluding diaryl/α,β-unsaturated/α-hetero) is 1. The van der Waals surface area contributed by atoms with Gasteiger partial charge in [-0.25, -0.2) is 0 Å². The van der Waals surface area contributed by atoms with Crippen molar-refractivity contribution in [2.24, 2.45) is 0 Å². The topological polar surface area (TPSA) is 17.1 Å². The molecule has 1 aromatic carbocycles. The molecule has 2 rings (SSSR count). The number of ketones is 1. The Morgan fingerprint density at radius 2 is 1.89 bits per heavy atom. The molecule has 0 radical (unpaired) electrons. The molecule has 2 aromatic rings. The number of benzene rings is 1. The number of halogens is 4. The maximum atomic E-state index is 12.1. The van der Waals surface area contributed by atoms with Crippen LogP contribution in [0.2, 0.25) is 10.0 Å². The molecule has 0 aliphatic carbocycles. The van der Waals surface area contributed by atoms with E-state index in [2.05, 4.69) is 31.9 Å². The number of carbonyl (C=O) groups is 1. The first kappa shape index (κ1) is 14.5. The zero-order chi connectivity index (χ0) is 13.3. The van der Waals surface area contributed by atoms with E-state index in [1.807, 2.05) is 12.1 Å². The lowest BCUT2D eigenvalue weighted by molar-refractivity contribution is 0.0997. The van der Waals surface area contributed by atoms with Crippen molar-refractivity contribution in [2.45, 2.75) is 6.42 Å². The lowest BCUT2D eigenvalue weighted by Crippen LogP contribution is -2.00. The van der Waals surface area contributed by atoms with Crippen molar-refractivity contribution in [3.63, 3.8) is 0 Å². The second kappa shape index (κ2) is 6.06. The summed E-state index contributed by atoms with van der Waals surface area (Å²) in [5.74, 6) is 0.0600. The molecule has 1 nitrogen and oxygen atoms in total. The average molecular weight is 429 g/mol. The van der Waals surface area contributed by atoms with Crippen LogP contribution in [-0.2, 0) is 6.42 Å². The molecule has 1 aromatic heterocycles. The quantitative estimate of drug-likeness (QED) is 0.547. The molecule has 0 aliphatic heterocycles. The third kappa shape index (κ3) is 3.36. The second-order valence-corrected chi connectivity index (χ2v) is 7.62. The Morgan fingerprint density at radius 1 is 1.17 bits per heavy atom. The molecule has 0 bridgehead atoms. The van der Waals surface area contributed by atoms with Gasteiger partial charge in [0.15, 0.2) is 5.78 Å². The molecule has 6 heteroatoms. The third-order valence-corrected chi connectivity index (χ3v) is 6.30. The third-order valence-electron chi connectivity index (χ3n) is 2.27. The summed E-state index contributed by atoms with van der Waals surface area (Å²) in [7, 11) is 0. The van der Waals surface area contributed by atoms with E-state index in [0.717, 1.165) is 13.8 Å². The molecular formula is C12H6Br2Cl2OS. The van der Waals surface area contributed by atoms with Gasteiger partial charge in [-0.1, -0.05) is 29.3 Å². The van der Waals surface area contributed by atoms with E-state index >= 15 is 0 Å². The van der Waals surface area contributed by atoms with E-state index in [1.54, 1.807) is 12.1 Å². The van der Waals surface area contributed by atoms with Crippen LogP contribution in [0, 0.1) is 0 Å². The van der Waals surface area contributed by atoms with E-state index in [-0.39, 0.29) is 5.78 Å². The Bertz CT molecular complexity index is 591. The summed E-state index contributed by atoms with van der Waals surface area (Å²) in [6.45, 7) is 0. The van der Waals surface area contributed by atoms with Crippen LogP contribution < -0.4 is 0 Å². The average Bonchev–Trinajstić information content (AvgIpc) is 2.65. The molecule has 0 N–H and O–H groups in total. The number of hydrogen-bond donors (Lipinski definition) is 0. The van der Waals surface area contributed by atoms with Gasteiger partial charge in [-0.3, -0.25) is 4.79 Å². The van der Waals surface area contributed by atoms with Crippen LogP contribution in [-0.4, -0.2) is 5.78 Å². The maximum Gasteiger partial charge on any atom is 0.177 e. The number of carbonyl (C=O) groups excluding carboxylic acids is 1. The molecule has 0 amide bonds. The van der Waals surface area contributed by atoms with Crippen molar-refractivity contribution in [3.8, 4) is 0 Å². The zero-order valence-electron chi connectivity index (χ0n) is 8.84. The smallest absolute Gasteiger partial charge is 0.177 e. The Labute approximate surface area is 135 Å². The molecular weight excluding hydrogens is 423 g/mol. The van der Waals surface area contributed by atoms with Crippen LogP contribution in [0.4, 0.5) is 0 Å². The standard InChI is InChI=1S/C12H6Br2Cl2OS/c13-7-5-11(18-12(7)14)10(17)4-6-1-2-8(15)9(16)3-6/h1-3,5H,4H2. The minimum atomic E-state index is 0.0600. The van der Waals surface area contributed by atoms with Crippen LogP contribution >= 0.6 is 66.4 Å². The van der Waals surface area contributed by atoms with Gasteiger partial charge in [-0.05, 0) is 55.6 Å². The molecule has 0 aliphatic rings. The normalized spacial score (nSPS) is 10.7. The van der Waals surface area contributed by atoms with Crippen molar-refractivity contribution in [2.75, 3.05) is 0 Å². The fourth-order valence-electron chi connectivity index (χ4n) is 1.41. The number of rotatable bonds is 3. The first-order valence-electron chi connectivity index (χ1n) is 4.89. The first-order valence-corrected chi connectivity index (χ1v) is 8.05. The van der Waals surface area contributed by atoms with Gasteiger partial charge in [0.1, 0.15) is 0 Å². The van der Waals surface area contributed by atoms with Gasteiger partial charge in [0.05, 0.1) is 18.7 Å². The molecule has 1 heterocycles. The lowest BCUT2D eigenvalue weighted by Gasteiger charge is -2.01. The summed E-state index contributed by atoms with van der Waals surface area (Å²) >= 11 is 19.9. The number of hydrogen-bond acceptors (Lipinski definition) is 2. The molecule has 0 saturated carbocycles. The largest absolute Gasteiger partial charge is 0.293 e. The van der Waals surface area contributed by atoms with E-state index in [0.29, 0.717) is 21.3 Å². The van der Waals surface area contributed by atoms with E-state index < -0.39 is 0 Å². The second-order valence-electron chi connectivity index (χ2n) is 3.58. The van der Waals surface area contributed by atoms with Gasteiger partial charge in [-0.15, -0.1) is 11.3 Å². The monoisotopic (exact) mass is 426 g/mol. The summed E-state index contributed by atoms with van der Waals surface area (Å²) < 4.78 is 1.81. The first-order chi connectivity index (χ1) is 8.47. The van der Waals surface area contributed by atoms with Crippen LogP contribution in [0.3, 0.4) is 0 Å². The van der Waals surface area contributed by atoms with E-state index in [4.69, 9.17) is 23.2 Å². The highest BCUT2D eigenvalue weighted by Gasteiger charge is 2.13. The minimum Gasteiger partial charge on any atom is -0.293 e. The van der Waals surface area contributed by atoms with E-state index in [1.165, 1.54) is 11.3 Å². The van der Waals surface area contributed by atoms with Gasteiger partial charge < -0.3 is 0 Å². The fourth-order valence-corrected chi connectivity index (χ4v) is 3.70. The molecule has 0 unspecified atom stereocenters. The van der Waals surface area contributed by atoms with Crippen LogP contribution in [0.1, 0.15) is 15.2 Å². The molecule has 0 fully saturated rings. The van der Waals surface area contributed by atoms with Crippen molar-refractivity contribution in [3.05, 3.63) is 53.0 Å². The van der Waals surface area contributed by atoms with Crippen molar-refractivity contribution >= 4 is 72.2 Å². The Kier molecular flexibility index (Phi) is 4.89. The molecule has 0 saturated heterocycles. The Hall–Kier alpha value is 0.130. The summed E-state index contributed by atoms with van der Waals surface area (Å²) in [6, 6.07) is 7.05. The summed E-state index contributed by atoms with van der Waals surface area (Å²) in [5.41, 5.74) is 0.857.